The summed E-state index contributed by atoms with van der Waals surface area (Å²) in [7, 11) is 50.9. The fourth-order valence-corrected chi connectivity index (χ4v) is 19.3. The van der Waals surface area contributed by atoms with Crippen LogP contribution >= 0.6 is 45.6 Å². The van der Waals surface area contributed by atoms with Crippen LogP contribution in [0.4, 0.5) is 0 Å². The summed E-state index contributed by atoms with van der Waals surface area (Å²) in [6.07, 6.45) is 0. The molecule has 0 aliphatic carbocycles. The third kappa shape index (κ3) is 53.5. The molecule has 0 radical (unpaired) electrons. The van der Waals surface area contributed by atoms with Crippen molar-refractivity contribution in [3.8, 4) is 0 Å². The van der Waals surface area contributed by atoms with Gasteiger partial charge in [0.1, 0.15) is 0 Å². The summed E-state index contributed by atoms with van der Waals surface area (Å²) in [5, 5.41) is 0. The van der Waals surface area contributed by atoms with Gasteiger partial charge in [0.2, 0.25) is 0 Å². The third-order valence-corrected chi connectivity index (χ3v) is 28.1. The molecule has 0 unspecified atom stereocenters. The van der Waals surface area contributed by atoms with E-state index in [1.54, 1.807) is 84.1 Å². The summed E-state index contributed by atoms with van der Waals surface area (Å²) in [5.41, 5.74) is 0. The van der Waals surface area contributed by atoms with Gasteiger partial charge < -0.3 is 140 Å². The smallest absolute Gasteiger partial charge is 1.00 e. The van der Waals surface area contributed by atoms with Crippen molar-refractivity contribution in [2.75, 3.05) is 254 Å². The monoisotopic (exact) mass is 1840 g/mol. The van der Waals surface area contributed by atoms with E-state index in [4.69, 9.17) is 0 Å². The molecule has 0 amide bonds. The van der Waals surface area contributed by atoms with E-state index in [1.165, 1.54) is 0 Å². The number of halogens is 6. The molecule has 0 aromatic carbocycles. The summed E-state index contributed by atoms with van der Waals surface area (Å²) in [6, 6.07) is 0. The molecular formula is C36H142Cl6Ho2N18O18P6+10. The Balaban J connectivity index is -0.0000000200. The van der Waals surface area contributed by atoms with Crippen LogP contribution in [0.15, 0.2) is 0 Å². The predicted molar refractivity (Wildman–Crippen MR) is 348 cm³/mol. The molecule has 34 N–H and O–H groups in total. The van der Waals surface area contributed by atoms with Crippen LogP contribution in [0.3, 0.4) is 0 Å². The summed E-state index contributed by atoms with van der Waals surface area (Å²) >= 11 is 0. The van der Waals surface area contributed by atoms with Gasteiger partial charge in [0.25, 0.3) is 45.6 Å². The Morgan fingerprint density at radius 2 is 0.163 bits per heavy atom. The molecule has 0 fully saturated rings. The first-order chi connectivity index (χ1) is 29.0. The van der Waals surface area contributed by atoms with Crippen LogP contribution in [-0.2, 0) is 82.2 Å². The molecule has 0 saturated carbocycles. The zero-order chi connectivity index (χ0) is 55.4. The molecular weight excluding hydrogens is 1700 g/mol. The van der Waals surface area contributed by atoms with E-state index < -0.39 is 45.6 Å². The van der Waals surface area contributed by atoms with Gasteiger partial charge in [-0.1, -0.05) is 0 Å². The van der Waals surface area contributed by atoms with E-state index in [1.807, 2.05) is 254 Å². The van der Waals surface area contributed by atoms with Gasteiger partial charge in [-0.05, 0) is 254 Å². The summed E-state index contributed by atoms with van der Waals surface area (Å²) in [6.45, 7) is 0. The molecule has 36 nitrogen and oxygen atoms in total. The van der Waals surface area contributed by atoms with Crippen molar-refractivity contribution in [3.05, 3.63) is 0 Å². The maximum absolute atomic E-state index is 12.1. The normalized spacial score (nSPS) is 10.4. The predicted octanol–water partition coefficient (Wildman–Crippen LogP) is -24.2. The van der Waals surface area contributed by atoms with Crippen molar-refractivity contribution in [1.82, 2.24) is 84.1 Å². The van der Waals surface area contributed by atoms with Crippen LogP contribution in [0.2, 0.25) is 0 Å². The van der Waals surface area contributed by atoms with E-state index in [0.717, 1.165) is 0 Å². The number of rotatable bonds is 18. The Kier molecular flexibility index (Phi) is 159. The maximum Gasteiger partial charge on any atom is 3.00 e. The Morgan fingerprint density at radius 3 is 0.163 bits per heavy atom. The van der Waals surface area contributed by atoms with Gasteiger partial charge in [0, 0.05) is 0 Å². The van der Waals surface area contributed by atoms with Gasteiger partial charge in [-0.2, -0.15) is 0 Å². The molecule has 0 atom stereocenters. The molecule has 86 heavy (non-hydrogen) atoms. The maximum atomic E-state index is 12.1. The van der Waals surface area contributed by atoms with E-state index >= 15 is 0 Å². The molecule has 0 saturated heterocycles. The molecule has 0 aromatic heterocycles. The second kappa shape index (κ2) is 78.4. The molecule has 0 rings (SSSR count). The minimum atomic E-state index is -2.44. The van der Waals surface area contributed by atoms with Crippen LogP contribution < -0.4 is 74.4 Å². The molecule has 0 aliphatic rings. The Labute approximate surface area is 620 Å². The van der Waals surface area contributed by atoms with E-state index in [2.05, 4.69) is 0 Å². The topological polar surface area (TPSA) is 554 Å². The molecule has 568 valence electrons. The summed E-state index contributed by atoms with van der Waals surface area (Å²) in [4.78, 5) is 0. The van der Waals surface area contributed by atoms with Gasteiger partial charge in [-0.25, -0.2) is 84.1 Å². The minimum Gasteiger partial charge on any atom is -1.00 e. The van der Waals surface area contributed by atoms with Gasteiger partial charge >= 0.3 is 75.5 Å². The molecule has 50 heteroatoms. The van der Waals surface area contributed by atoms with Crippen molar-refractivity contribution >= 4 is 45.6 Å². The Morgan fingerprint density at radius 1 is 0.140 bits per heavy atom. The Hall–Kier alpha value is 4.44. The number of hydrogen-bond donors (Lipinski definition) is 0. The quantitative estimate of drug-likeness (QED) is 0.0698. The Bertz CT molecular complexity index is 1200. The zero-order valence-electron chi connectivity index (χ0n) is 58.8. The largest absolute Gasteiger partial charge is 3.00 e. The fraction of sp³-hybridized carbons (Fsp3) is 1.00. The molecule has 0 bridgehead atoms. The van der Waals surface area contributed by atoms with Crippen molar-refractivity contribution in [2.24, 2.45) is 0 Å². The fourth-order valence-electron chi connectivity index (χ4n) is 6.44. The first-order valence-corrected chi connectivity index (χ1v) is 30.2. The van der Waals surface area contributed by atoms with Crippen LogP contribution in [-0.4, -0.2) is 349 Å². The van der Waals surface area contributed by atoms with E-state index in [0.29, 0.717) is 0 Å². The molecule has 0 spiro atoms. The van der Waals surface area contributed by atoms with Crippen LogP contribution in [0.25, 0.3) is 0 Å². The SMILES string of the molecule is CN(C)P(=O)(N(C)C)N(C)C.CN(C)P(=O)(N(C)C)N(C)C.CN(C)P(=O)(N(C)C)N(C)C.CN(C)P(=O)(N(C)C)N(C)C.CN(C)P(=O)(N(C)C)N(C)C.CN(C)P(=O)(N(C)C)N(C)C.O.O.[Cl-].[Cl-].[Cl-].[Cl-].[Cl-].[Cl-].[Ho+3].[Ho+3].[OH3+].[OH3+].[OH3+].[OH3+].[OH3+].[OH3+].[OH3+].[OH3+].[OH3+].[OH3+]. The average Bonchev–Trinajstić information content (AvgIpc) is 3.15. The van der Waals surface area contributed by atoms with Crippen LogP contribution in [0.1, 0.15) is 0 Å². The molecule has 0 aromatic rings. The van der Waals surface area contributed by atoms with Crippen molar-refractivity contribution < 1.29 is 243 Å². The average molecular weight is 1840 g/mol. The summed E-state index contributed by atoms with van der Waals surface area (Å²) < 4.78 is 104. The second-order valence-corrected chi connectivity index (χ2v) is 38.9. The number of hydrogen-bond acceptors (Lipinski definition) is 6. The van der Waals surface area contributed by atoms with Crippen molar-refractivity contribution in [2.45, 2.75) is 0 Å². The van der Waals surface area contributed by atoms with Crippen molar-refractivity contribution in [1.29, 1.82) is 0 Å². The van der Waals surface area contributed by atoms with Gasteiger partial charge in [0.15, 0.2) is 0 Å². The van der Waals surface area contributed by atoms with Crippen LogP contribution in [0.5, 0.6) is 0 Å². The van der Waals surface area contributed by atoms with E-state index in [9.17, 15) is 27.4 Å². The molecule has 0 heterocycles. The first-order valence-electron chi connectivity index (χ1n) is 20.8. The van der Waals surface area contributed by atoms with Gasteiger partial charge in [-0.15, -0.1) is 0 Å². The second-order valence-electron chi connectivity index (χ2n) is 18.3. The summed E-state index contributed by atoms with van der Waals surface area (Å²) in [5.74, 6) is 0. The standard InChI is InChI=1S/6C6H18N3OP.6ClH.2Ho.12H2O/c6*1-7(2)11(10,8(3)4)9(5)6;;;;;;;;;;;;;;;;;;;;/h6*1-6H3;6*1H;;;12*1H2/q;;;;;;;;;;;;2*+3;;;;;;;;;;;;/p+4. The van der Waals surface area contributed by atoms with Gasteiger partial charge in [-0.3, -0.25) is 27.4 Å². The first kappa shape index (κ1) is 174. The van der Waals surface area contributed by atoms with Crippen molar-refractivity contribution in [3.63, 3.8) is 0 Å². The van der Waals surface area contributed by atoms with Gasteiger partial charge in [0.05, 0.1) is 0 Å². The zero-order valence-corrected chi connectivity index (χ0v) is 72.6. The minimum absolute atomic E-state index is 0. The van der Waals surface area contributed by atoms with Crippen LogP contribution in [0, 0.1) is 75.5 Å². The third-order valence-electron chi connectivity index (χ3n) is 9.38. The van der Waals surface area contributed by atoms with E-state index in [-0.39, 0.29) is 216 Å². The molecule has 0 aliphatic heterocycles. The number of nitrogens with zero attached hydrogens (tertiary/aromatic N) is 18.